The SMILES string of the molecule is C=C(C)c1ccc(NC2CCN(C)CC2)cc1. The molecule has 2 nitrogen and oxygen atoms in total. The molecule has 0 spiro atoms. The van der Waals surface area contributed by atoms with Crippen LogP contribution in [0.1, 0.15) is 25.3 Å². The van der Waals surface area contributed by atoms with Crippen LogP contribution in [0.3, 0.4) is 0 Å². The van der Waals surface area contributed by atoms with Crippen LogP contribution >= 0.6 is 0 Å². The molecule has 92 valence electrons. The van der Waals surface area contributed by atoms with Crippen molar-refractivity contribution in [2.45, 2.75) is 25.8 Å². The number of piperidine rings is 1. The summed E-state index contributed by atoms with van der Waals surface area (Å²) in [4.78, 5) is 2.39. The number of benzene rings is 1. The summed E-state index contributed by atoms with van der Waals surface area (Å²) in [5.41, 5.74) is 3.57. The van der Waals surface area contributed by atoms with Gasteiger partial charge < -0.3 is 10.2 Å². The Bertz CT molecular complexity index is 372. The molecular formula is C15H22N2. The van der Waals surface area contributed by atoms with E-state index in [1.165, 1.54) is 37.2 Å². The molecule has 1 fully saturated rings. The smallest absolute Gasteiger partial charge is 0.0342 e. The molecule has 0 amide bonds. The zero-order valence-electron chi connectivity index (χ0n) is 10.9. The Kier molecular flexibility index (Phi) is 3.85. The number of nitrogens with zero attached hydrogens (tertiary/aromatic N) is 1. The molecule has 17 heavy (non-hydrogen) atoms. The first-order valence-electron chi connectivity index (χ1n) is 6.36. The maximum atomic E-state index is 3.95. The van der Waals surface area contributed by atoms with Crippen molar-refractivity contribution in [2.75, 3.05) is 25.5 Å². The topological polar surface area (TPSA) is 15.3 Å². The summed E-state index contributed by atoms with van der Waals surface area (Å²) in [7, 11) is 2.19. The second kappa shape index (κ2) is 5.37. The van der Waals surface area contributed by atoms with Gasteiger partial charge in [0.2, 0.25) is 0 Å². The first kappa shape index (κ1) is 12.2. The van der Waals surface area contributed by atoms with Gasteiger partial charge >= 0.3 is 0 Å². The quantitative estimate of drug-likeness (QED) is 0.857. The van der Waals surface area contributed by atoms with E-state index in [9.17, 15) is 0 Å². The summed E-state index contributed by atoms with van der Waals surface area (Å²) >= 11 is 0. The third-order valence-corrected chi connectivity index (χ3v) is 3.47. The second-order valence-electron chi connectivity index (χ2n) is 5.08. The number of hydrogen-bond acceptors (Lipinski definition) is 2. The molecule has 2 rings (SSSR count). The Morgan fingerprint density at radius 2 is 1.82 bits per heavy atom. The third kappa shape index (κ3) is 3.34. The van der Waals surface area contributed by atoms with E-state index in [1.807, 2.05) is 6.92 Å². The van der Waals surface area contributed by atoms with Gasteiger partial charge in [0.25, 0.3) is 0 Å². The molecule has 1 aromatic rings. The number of rotatable bonds is 3. The average molecular weight is 230 g/mol. The van der Waals surface area contributed by atoms with Crippen LogP contribution in [0.2, 0.25) is 0 Å². The molecule has 1 aliphatic heterocycles. The van der Waals surface area contributed by atoms with Gasteiger partial charge in [-0.25, -0.2) is 0 Å². The summed E-state index contributed by atoms with van der Waals surface area (Å²) in [5, 5.41) is 3.61. The highest BCUT2D eigenvalue weighted by Crippen LogP contribution is 2.18. The van der Waals surface area contributed by atoms with E-state index in [-0.39, 0.29) is 0 Å². The maximum absolute atomic E-state index is 3.95. The fraction of sp³-hybridized carbons (Fsp3) is 0.467. The molecule has 0 atom stereocenters. The molecule has 1 N–H and O–H groups in total. The van der Waals surface area contributed by atoms with E-state index in [2.05, 4.69) is 48.1 Å². The number of nitrogens with one attached hydrogen (secondary N) is 1. The zero-order chi connectivity index (χ0) is 12.3. The van der Waals surface area contributed by atoms with Crippen LogP contribution < -0.4 is 5.32 Å². The molecule has 1 saturated heterocycles. The molecule has 1 aromatic carbocycles. The Morgan fingerprint density at radius 3 is 2.35 bits per heavy atom. The fourth-order valence-corrected chi connectivity index (χ4v) is 2.24. The molecule has 0 aliphatic carbocycles. The number of allylic oxidation sites excluding steroid dienone is 1. The van der Waals surface area contributed by atoms with E-state index in [4.69, 9.17) is 0 Å². The van der Waals surface area contributed by atoms with Gasteiger partial charge in [0.15, 0.2) is 0 Å². The standard InChI is InChI=1S/C15H22N2/c1-12(2)13-4-6-14(7-5-13)16-15-8-10-17(3)11-9-15/h4-7,15-16H,1,8-11H2,2-3H3. The zero-order valence-corrected chi connectivity index (χ0v) is 10.9. The van der Waals surface area contributed by atoms with Crippen LogP contribution in [0.15, 0.2) is 30.8 Å². The molecule has 0 saturated carbocycles. The largest absolute Gasteiger partial charge is 0.382 e. The van der Waals surface area contributed by atoms with E-state index in [0.717, 1.165) is 5.57 Å². The van der Waals surface area contributed by atoms with Crippen molar-refractivity contribution in [3.8, 4) is 0 Å². The number of anilines is 1. The predicted molar refractivity (Wildman–Crippen MR) is 75.3 cm³/mol. The van der Waals surface area contributed by atoms with Crippen molar-refractivity contribution >= 4 is 11.3 Å². The summed E-state index contributed by atoms with van der Waals surface area (Å²) in [6.45, 7) is 8.39. The highest BCUT2D eigenvalue weighted by atomic mass is 15.1. The van der Waals surface area contributed by atoms with Gasteiger partial charge in [0, 0.05) is 11.7 Å². The van der Waals surface area contributed by atoms with Crippen LogP contribution in [0.4, 0.5) is 5.69 Å². The van der Waals surface area contributed by atoms with Crippen LogP contribution in [-0.4, -0.2) is 31.1 Å². The minimum atomic E-state index is 0.627. The number of likely N-dealkylation sites (tertiary alicyclic amines) is 1. The van der Waals surface area contributed by atoms with Crippen molar-refractivity contribution in [1.82, 2.24) is 4.90 Å². The lowest BCUT2D eigenvalue weighted by atomic mass is 10.0. The molecule has 0 aromatic heterocycles. The molecule has 0 unspecified atom stereocenters. The molecule has 1 heterocycles. The average Bonchev–Trinajstić information content (AvgIpc) is 2.33. The Morgan fingerprint density at radius 1 is 1.24 bits per heavy atom. The number of hydrogen-bond donors (Lipinski definition) is 1. The normalized spacial score (nSPS) is 18.0. The fourth-order valence-electron chi connectivity index (χ4n) is 2.24. The molecular weight excluding hydrogens is 208 g/mol. The van der Waals surface area contributed by atoms with Gasteiger partial charge in [-0.15, -0.1) is 0 Å². The molecule has 1 aliphatic rings. The van der Waals surface area contributed by atoms with E-state index in [1.54, 1.807) is 0 Å². The summed E-state index contributed by atoms with van der Waals surface area (Å²) in [6, 6.07) is 9.21. The lowest BCUT2D eigenvalue weighted by Crippen LogP contribution is -2.36. The van der Waals surface area contributed by atoms with Crippen molar-refractivity contribution in [3.05, 3.63) is 36.4 Å². The highest BCUT2D eigenvalue weighted by molar-refractivity contribution is 5.63. The van der Waals surface area contributed by atoms with Crippen molar-refractivity contribution in [3.63, 3.8) is 0 Å². The van der Waals surface area contributed by atoms with Gasteiger partial charge in [-0.2, -0.15) is 0 Å². The van der Waals surface area contributed by atoms with Crippen molar-refractivity contribution in [1.29, 1.82) is 0 Å². The van der Waals surface area contributed by atoms with Gasteiger partial charge in [-0.1, -0.05) is 24.3 Å². The van der Waals surface area contributed by atoms with Crippen LogP contribution in [0.25, 0.3) is 5.57 Å². The summed E-state index contributed by atoms with van der Waals surface area (Å²) in [6.07, 6.45) is 2.47. The lowest BCUT2D eigenvalue weighted by Gasteiger charge is -2.30. The van der Waals surface area contributed by atoms with Crippen LogP contribution in [0, 0.1) is 0 Å². The van der Waals surface area contributed by atoms with Gasteiger partial charge in [-0.3, -0.25) is 0 Å². The third-order valence-electron chi connectivity index (χ3n) is 3.47. The van der Waals surface area contributed by atoms with Gasteiger partial charge in [0.05, 0.1) is 0 Å². The van der Waals surface area contributed by atoms with Crippen molar-refractivity contribution < 1.29 is 0 Å². The predicted octanol–water partition coefficient (Wildman–Crippen LogP) is 3.23. The minimum absolute atomic E-state index is 0.627. The Balaban J connectivity index is 1.92. The second-order valence-corrected chi connectivity index (χ2v) is 5.08. The first-order valence-corrected chi connectivity index (χ1v) is 6.36. The van der Waals surface area contributed by atoms with E-state index in [0.29, 0.717) is 6.04 Å². The van der Waals surface area contributed by atoms with Crippen LogP contribution in [-0.2, 0) is 0 Å². The van der Waals surface area contributed by atoms with Crippen LogP contribution in [0.5, 0.6) is 0 Å². The van der Waals surface area contributed by atoms with Crippen molar-refractivity contribution in [2.24, 2.45) is 0 Å². The Hall–Kier alpha value is -1.28. The van der Waals surface area contributed by atoms with E-state index >= 15 is 0 Å². The van der Waals surface area contributed by atoms with E-state index < -0.39 is 0 Å². The monoisotopic (exact) mass is 230 g/mol. The highest BCUT2D eigenvalue weighted by Gasteiger charge is 2.15. The molecule has 0 bridgehead atoms. The molecule has 2 heteroatoms. The van der Waals surface area contributed by atoms with Gasteiger partial charge in [-0.05, 0) is 57.6 Å². The Labute approximate surface area is 104 Å². The van der Waals surface area contributed by atoms with Gasteiger partial charge in [0.1, 0.15) is 0 Å². The lowest BCUT2D eigenvalue weighted by molar-refractivity contribution is 0.264. The summed E-state index contributed by atoms with van der Waals surface area (Å²) < 4.78 is 0. The summed E-state index contributed by atoms with van der Waals surface area (Å²) in [5.74, 6) is 0. The molecule has 0 radical (unpaired) electrons. The maximum Gasteiger partial charge on any atom is 0.0342 e. The first-order chi connectivity index (χ1) is 8.15. The minimum Gasteiger partial charge on any atom is -0.382 e.